The van der Waals surface area contributed by atoms with E-state index in [1.54, 1.807) is 0 Å². The van der Waals surface area contributed by atoms with E-state index in [0.717, 1.165) is 38.6 Å². The van der Waals surface area contributed by atoms with Crippen molar-refractivity contribution in [2.45, 2.75) is 51.5 Å². The molecular weight excluding hydrogens is 290 g/mol. The molecule has 122 valence electrons. The summed E-state index contributed by atoms with van der Waals surface area (Å²) in [4.78, 5) is 23.6. The van der Waals surface area contributed by atoms with E-state index in [1.807, 2.05) is 0 Å². The largest absolute Gasteiger partial charge is 0.356 e. The Bertz CT molecular complexity index is 348. The van der Waals surface area contributed by atoms with Gasteiger partial charge in [-0.2, -0.15) is 0 Å². The zero-order valence-corrected chi connectivity index (χ0v) is 13.6. The summed E-state index contributed by atoms with van der Waals surface area (Å²) in [6.07, 6.45) is 5.92. The van der Waals surface area contributed by atoms with Crippen molar-refractivity contribution in [2.75, 3.05) is 19.6 Å². The van der Waals surface area contributed by atoms with Crippen LogP contribution in [-0.2, 0) is 9.59 Å². The lowest BCUT2D eigenvalue weighted by Gasteiger charge is -2.27. The molecule has 5 nitrogen and oxygen atoms in total. The molecule has 1 aliphatic carbocycles. The van der Waals surface area contributed by atoms with Gasteiger partial charge in [-0.1, -0.05) is 6.42 Å². The third-order valence-electron chi connectivity index (χ3n) is 4.42. The molecule has 3 N–H and O–H groups in total. The first-order valence-corrected chi connectivity index (χ1v) is 7.95. The van der Waals surface area contributed by atoms with Crippen LogP contribution >= 0.6 is 12.4 Å². The lowest BCUT2D eigenvalue weighted by Crippen LogP contribution is -2.43. The van der Waals surface area contributed by atoms with Gasteiger partial charge in [-0.25, -0.2) is 0 Å². The first-order chi connectivity index (χ1) is 9.66. The van der Waals surface area contributed by atoms with Crippen molar-refractivity contribution >= 4 is 24.2 Å². The lowest BCUT2D eigenvalue weighted by molar-refractivity contribution is -0.127. The molecule has 1 heterocycles. The summed E-state index contributed by atoms with van der Waals surface area (Å²) in [7, 11) is 0. The molecular formula is C15H28ClN3O2. The van der Waals surface area contributed by atoms with E-state index in [-0.39, 0.29) is 36.1 Å². The van der Waals surface area contributed by atoms with Crippen LogP contribution < -0.4 is 16.0 Å². The van der Waals surface area contributed by atoms with Crippen LogP contribution in [0.4, 0.5) is 0 Å². The second-order valence-corrected chi connectivity index (χ2v) is 6.14. The van der Waals surface area contributed by atoms with E-state index >= 15 is 0 Å². The Hall–Kier alpha value is -0.810. The summed E-state index contributed by atoms with van der Waals surface area (Å²) in [6, 6.07) is 0.432. The van der Waals surface area contributed by atoms with Gasteiger partial charge >= 0.3 is 0 Å². The maximum atomic E-state index is 12.0. The first-order valence-electron chi connectivity index (χ1n) is 7.95. The molecule has 2 rings (SSSR count). The number of hydrogen-bond donors (Lipinski definition) is 3. The van der Waals surface area contributed by atoms with Crippen LogP contribution in [0.3, 0.4) is 0 Å². The van der Waals surface area contributed by atoms with Gasteiger partial charge in [-0.05, 0) is 45.6 Å². The van der Waals surface area contributed by atoms with Crippen molar-refractivity contribution in [2.24, 2.45) is 11.8 Å². The molecule has 2 fully saturated rings. The van der Waals surface area contributed by atoms with Crippen molar-refractivity contribution < 1.29 is 9.59 Å². The van der Waals surface area contributed by atoms with Crippen LogP contribution in [-0.4, -0.2) is 37.5 Å². The summed E-state index contributed by atoms with van der Waals surface area (Å²) in [5.74, 6) is 0.759. The highest BCUT2D eigenvalue weighted by atomic mass is 35.5. The summed E-state index contributed by atoms with van der Waals surface area (Å²) in [5, 5.41) is 9.28. The van der Waals surface area contributed by atoms with E-state index in [9.17, 15) is 9.59 Å². The molecule has 2 atom stereocenters. The summed E-state index contributed by atoms with van der Waals surface area (Å²) in [5.41, 5.74) is 0. The highest BCUT2D eigenvalue weighted by Gasteiger charge is 2.25. The van der Waals surface area contributed by atoms with Crippen LogP contribution in [0.1, 0.15) is 45.4 Å². The number of carbonyl (C=O) groups excluding carboxylic acids is 2. The SMILES string of the molecule is C[C@H]1C[C@@H](C(=O)NCCCNC(=O)C2CCC2)CCN1.Cl. The highest BCUT2D eigenvalue weighted by Crippen LogP contribution is 2.26. The molecule has 0 aromatic carbocycles. The Balaban J connectivity index is 0.00000220. The number of hydrogen-bond acceptors (Lipinski definition) is 3. The first kappa shape index (κ1) is 18.2. The highest BCUT2D eigenvalue weighted by molar-refractivity contribution is 5.85. The molecule has 21 heavy (non-hydrogen) atoms. The Morgan fingerprint density at radius 2 is 1.67 bits per heavy atom. The zero-order valence-electron chi connectivity index (χ0n) is 12.8. The molecule has 0 spiro atoms. The average Bonchev–Trinajstić information content (AvgIpc) is 2.36. The number of amides is 2. The van der Waals surface area contributed by atoms with Crippen LogP contribution in [0.5, 0.6) is 0 Å². The number of halogens is 1. The molecule has 1 aliphatic heterocycles. The molecule has 6 heteroatoms. The third kappa shape index (κ3) is 5.83. The molecule has 1 saturated carbocycles. The van der Waals surface area contributed by atoms with E-state index in [0.29, 0.717) is 19.1 Å². The minimum atomic E-state index is 0. The fourth-order valence-electron chi connectivity index (χ4n) is 2.84. The van der Waals surface area contributed by atoms with Crippen molar-refractivity contribution in [1.82, 2.24) is 16.0 Å². The van der Waals surface area contributed by atoms with Crippen LogP contribution in [0.25, 0.3) is 0 Å². The maximum absolute atomic E-state index is 12.0. The van der Waals surface area contributed by atoms with Gasteiger partial charge in [0.25, 0.3) is 0 Å². The second kappa shape index (κ2) is 9.26. The van der Waals surface area contributed by atoms with Crippen LogP contribution in [0.2, 0.25) is 0 Å². The summed E-state index contributed by atoms with van der Waals surface area (Å²) >= 11 is 0. The van der Waals surface area contributed by atoms with E-state index in [4.69, 9.17) is 0 Å². The fraction of sp³-hybridized carbons (Fsp3) is 0.867. The molecule has 2 amide bonds. The number of rotatable bonds is 6. The molecule has 0 aromatic heterocycles. The van der Waals surface area contributed by atoms with Gasteiger partial charge in [0.1, 0.15) is 0 Å². The monoisotopic (exact) mass is 317 g/mol. The predicted molar refractivity (Wildman–Crippen MR) is 85.4 cm³/mol. The number of piperidine rings is 1. The van der Waals surface area contributed by atoms with Gasteiger partial charge in [0.15, 0.2) is 0 Å². The summed E-state index contributed by atoms with van der Waals surface area (Å²) < 4.78 is 0. The quantitative estimate of drug-likeness (QED) is 0.645. The van der Waals surface area contributed by atoms with Gasteiger partial charge in [0, 0.05) is 31.0 Å². The van der Waals surface area contributed by atoms with E-state index in [1.165, 1.54) is 6.42 Å². The maximum Gasteiger partial charge on any atom is 0.223 e. The van der Waals surface area contributed by atoms with Gasteiger partial charge in [0.2, 0.25) is 11.8 Å². The summed E-state index contributed by atoms with van der Waals surface area (Å²) in [6.45, 7) is 4.37. The lowest BCUT2D eigenvalue weighted by atomic mass is 9.85. The number of carbonyl (C=O) groups is 2. The van der Waals surface area contributed by atoms with Crippen molar-refractivity contribution in [3.05, 3.63) is 0 Å². The van der Waals surface area contributed by atoms with Gasteiger partial charge in [-0.15, -0.1) is 12.4 Å². The molecule has 0 unspecified atom stereocenters. The topological polar surface area (TPSA) is 70.2 Å². The minimum absolute atomic E-state index is 0. The van der Waals surface area contributed by atoms with Crippen molar-refractivity contribution in [3.8, 4) is 0 Å². The molecule has 0 aromatic rings. The normalized spacial score (nSPS) is 25.4. The third-order valence-corrected chi connectivity index (χ3v) is 4.42. The van der Waals surface area contributed by atoms with Crippen LogP contribution in [0.15, 0.2) is 0 Å². The van der Waals surface area contributed by atoms with Crippen molar-refractivity contribution in [3.63, 3.8) is 0 Å². The smallest absolute Gasteiger partial charge is 0.223 e. The van der Waals surface area contributed by atoms with Crippen molar-refractivity contribution in [1.29, 1.82) is 0 Å². The predicted octanol–water partition coefficient (Wildman–Crippen LogP) is 1.22. The minimum Gasteiger partial charge on any atom is -0.356 e. The Kier molecular flexibility index (Phi) is 8.04. The zero-order chi connectivity index (χ0) is 14.4. The molecule has 0 bridgehead atoms. The number of nitrogens with one attached hydrogen (secondary N) is 3. The van der Waals surface area contributed by atoms with E-state index in [2.05, 4.69) is 22.9 Å². The van der Waals surface area contributed by atoms with Gasteiger partial charge in [0.05, 0.1) is 0 Å². The van der Waals surface area contributed by atoms with Gasteiger partial charge < -0.3 is 16.0 Å². The Labute approximate surface area is 133 Å². The fourth-order valence-corrected chi connectivity index (χ4v) is 2.84. The standard InChI is InChI=1S/C15H27N3O2.ClH/c1-11-10-13(6-9-16-11)15(20)18-8-3-7-17-14(19)12-4-2-5-12;/h11-13,16H,2-10H2,1H3,(H,17,19)(H,18,20);1H/t11-,13-;/m0./s1. The van der Waals surface area contributed by atoms with E-state index < -0.39 is 0 Å². The molecule has 1 saturated heterocycles. The average molecular weight is 318 g/mol. The Morgan fingerprint density at radius 3 is 2.19 bits per heavy atom. The molecule has 2 aliphatic rings. The van der Waals surface area contributed by atoms with Crippen LogP contribution in [0, 0.1) is 11.8 Å². The second-order valence-electron chi connectivity index (χ2n) is 6.14. The van der Waals surface area contributed by atoms with Gasteiger partial charge in [-0.3, -0.25) is 9.59 Å². The molecule has 0 radical (unpaired) electrons. The Morgan fingerprint density at radius 1 is 1.05 bits per heavy atom.